The summed E-state index contributed by atoms with van der Waals surface area (Å²) in [5, 5.41) is 16.8. The molecule has 1 aromatic heterocycles. The van der Waals surface area contributed by atoms with Gasteiger partial charge in [-0.15, -0.1) is 0 Å². The molecule has 1 aliphatic heterocycles. The number of thiocarbonyl (C=S) groups is 1. The molecule has 152 valence electrons. The average Bonchev–Trinajstić information content (AvgIpc) is 2.67. The highest BCUT2D eigenvalue weighted by Gasteiger charge is 2.23. The van der Waals surface area contributed by atoms with Crippen LogP contribution in [0.3, 0.4) is 0 Å². The number of nitrogens with zero attached hydrogens (tertiary/aromatic N) is 4. The molecule has 29 heavy (non-hydrogen) atoms. The van der Waals surface area contributed by atoms with Crippen molar-refractivity contribution in [2.45, 2.75) is 33.1 Å². The van der Waals surface area contributed by atoms with Crippen molar-refractivity contribution >= 4 is 40.6 Å². The Balaban J connectivity index is 1.73. The standard InChI is InChI=1S/C19H22N6O3S/c1-12-10-13(2)21-18(20-12)23-19(29)22-17(26)14-6-7-15(16(11-14)25(27)28)24-8-4-3-5-9-24/h6-7,10-11H,3-5,8-9H2,1-2H3,(H2,20,21,22,23,26,29). The molecule has 0 bridgehead atoms. The highest BCUT2D eigenvalue weighted by Crippen LogP contribution is 2.31. The Morgan fingerprint density at radius 1 is 1.14 bits per heavy atom. The van der Waals surface area contributed by atoms with Gasteiger partial charge in [0.1, 0.15) is 5.69 Å². The molecule has 1 amide bonds. The molecule has 9 nitrogen and oxygen atoms in total. The van der Waals surface area contributed by atoms with Crippen molar-refractivity contribution in [1.29, 1.82) is 0 Å². The first-order valence-corrected chi connectivity index (χ1v) is 9.72. The maximum absolute atomic E-state index is 12.5. The van der Waals surface area contributed by atoms with E-state index in [0.717, 1.165) is 43.7 Å². The summed E-state index contributed by atoms with van der Waals surface area (Å²) in [6.45, 7) is 5.20. The molecule has 1 aromatic carbocycles. The molecule has 10 heteroatoms. The largest absolute Gasteiger partial charge is 0.366 e. The molecule has 1 saturated heterocycles. The fourth-order valence-electron chi connectivity index (χ4n) is 3.30. The summed E-state index contributed by atoms with van der Waals surface area (Å²) in [6.07, 6.45) is 3.12. The molecule has 1 fully saturated rings. The number of nitro benzene ring substituents is 1. The van der Waals surface area contributed by atoms with Gasteiger partial charge in [0.05, 0.1) is 4.92 Å². The molecule has 0 unspecified atom stereocenters. The summed E-state index contributed by atoms with van der Waals surface area (Å²) >= 11 is 5.15. The van der Waals surface area contributed by atoms with E-state index in [1.807, 2.05) is 24.8 Å². The molecule has 0 aliphatic carbocycles. The van der Waals surface area contributed by atoms with Gasteiger partial charge in [0, 0.05) is 36.1 Å². The molecule has 0 spiro atoms. The van der Waals surface area contributed by atoms with Crippen LogP contribution in [-0.4, -0.2) is 39.0 Å². The Labute approximate surface area is 173 Å². The van der Waals surface area contributed by atoms with Crippen LogP contribution in [0.4, 0.5) is 17.3 Å². The van der Waals surface area contributed by atoms with Gasteiger partial charge in [-0.05, 0) is 63.5 Å². The number of piperidine rings is 1. The van der Waals surface area contributed by atoms with Crippen LogP contribution in [0.5, 0.6) is 0 Å². The summed E-state index contributed by atoms with van der Waals surface area (Å²) in [6, 6.07) is 6.30. The number of benzene rings is 1. The predicted octanol–water partition coefficient (Wildman–Crippen LogP) is 3.12. The monoisotopic (exact) mass is 414 g/mol. The number of aryl methyl sites for hydroxylation is 2. The number of nitro groups is 1. The molecule has 3 rings (SSSR count). The topological polar surface area (TPSA) is 113 Å². The zero-order valence-corrected chi connectivity index (χ0v) is 17.1. The lowest BCUT2D eigenvalue weighted by Crippen LogP contribution is -2.35. The number of aromatic nitrogens is 2. The lowest BCUT2D eigenvalue weighted by atomic mass is 10.1. The Kier molecular flexibility index (Phi) is 6.32. The zero-order valence-electron chi connectivity index (χ0n) is 16.3. The third kappa shape index (κ3) is 5.23. The van der Waals surface area contributed by atoms with E-state index in [4.69, 9.17) is 12.2 Å². The van der Waals surface area contributed by atoms with Crippen LogP contribution in [0.15, 0.2) is 24.3 Å². The highest BCUT2D eigenvalue weighted by molar-refractivity contribution is 7.80. The SMILES string of the molecule is Cc1cc(C)nc(NC(=S)NC(=O)c2ccc(N3CCCCC3)c([N+](=O)[O-])c2)n1. The number of nitrogens with one attached hydrogen (secondary N) is 2. The maximum Gasteiger partial charge on any atom is 0.293 e. The van der Waals surface area contributed by atoms with Crippen LogP contribution in [0, 0.1) is 24.0 Å². The van der Waals surface area contributed by atoms with Crippen LogP contribution in [0.25, 0.3) is 0 Å². The number of anilines is 2. The summed E-state index contributed by atoms with van der Waals surface area (Å²) in [5.74, 6) is -0.264. The Hall–Kier alpha value is -3.14. The first kappa shape index (κ1) is 20.6. The van der Waals surface area contributed by atoms with Crippen LogP contribution in [-0.2, 0) is 0 Å². The molecule has 0 saturated carbocycles. The van der Waals surface area contributed by atoms with Gasteiger partial charge in [-0.3, -0.25) is 20.2 Å². The van der Waals surface area contributed by atoms with Crippen molar-refractivity contribution in [1.82, 2.24) is 15.3 Å². The highest BCUT2D eigenvalue weighted by atomic mass is 32.1. The second-order valence-corrected chi connectivity index (χ2v) is 7.30. The lowest BCUT2D eigenvalue weighted by molar-refractivity contribution is -0.384. The summed E-state index contributed by atoms with van der Waals surface area (Å²) < 4.78 is 0. The van der Waals surface area contributed by atoms with Gasteiger partial charge in [-0.1, -0.05) is 0 Å². The number of carbonyl (C=O) groups is 1. The van der Waals surface area contributed by atoms with E-state index in [0.29, 0.717) is 5.69 Å². The van der Waals surface area contributed by atoms with E-state index >= 15 is 0 Å². The van der Waals surface area contributed by atoms with Gasteiger partial charge < -0.3 is 10.2 Å². The Morgan fingerprint density at radius 2 is 1.79 bits per heavy atom. The maximum atomic E-state index is 12.5. The van der Waals surface area contributed by atoms with Crippen molar-refractivity contribution in [2.75, 3.05) is 23.3 Å². The zero-order chi connectivity index (χ0) is 21.0. The average molecular weight is 414 g/mol. The van der Waals surface area contributed by atoms with Gasteiger partial charge in [0.2, 0.25) is 5.95 Å². The van der Waals surface area contributed by atoms with Crippen molar-refractivity contribution in [2.24, 2.45) is 0 Å². The van der Waals surface area contributed by atoms with Gasteiger partial charge in [-0.25, -0.2) is 9.97 Å². The Morgan fingerprint density at radius 3 is 2.41 bits per heavy atom. The van der Waals surface area contributed by atoms with Crippen LogP contribution < -0.4 is 15.5 Å². The molecule has 2 aromatic rings. The molecule has 2 heterocycles. The van der Waals surface area contributed by atoms with Crippen molar-refractivity contribution < 1.29 is 9.72 Å². The molecule has 2 N–H and O–H groups in total. The third-order valence-electron chi connectivity index (χ3n) is 4.57. The number of rotatable bonds is 4. The summed E-state index contributed by atoms with van der Waals surface area (Å²) in [5.41, 5.74) is 2.13. The van der Waals surface area contributed by atoms with Crippen LogP contribution in [0.1, 0.15) is 41.0 Å². The second-order valence-electron chi connectivity index (χ2n) is 6.89. The molecular weight excluding hydrogens is 392 g/mol. The normalized spacial score (nSPS) is 13.7. The lowest BCUT2D eigenvalue weighted by Gasteiger charge is -2.28. The Bertz CT molecular complexity index is 939. The molecule has 0 atom stereocenters. The number of amides is 1. The first-order valence-electron chi connectivity index (χ1n) is 9.31. The minimum Gasteiger partial charge on any atom is -0.366 e. The predicted molar refractivity (Wildman–Crippen MR) is 114 cm³/mol. The van der Waals surface area contributed by atoms with E-state index in [2.05, 4.69) is 20.6 Å². The molecular formula is C19H22N6O3S. The van der Waals surface area contributed by atoms with Gasteiger partial charge in [0.15, 0.2) is 5.11 Å². The number of hydrogen-bond acceptors (Lipinski definition) is 7. The fraction of sp³-hybridized carbons (Fsp3) is 0.368. The first-order chi connectivity index (χ1) is 13.8. The fourth-order valence-corrected chi connectivity index (χ4v) is 3.49. The minimum absolute atomic E-state index is 0.0164. The van der Waals surface area contributed by atoms with E-state index in [9.17, 15) is 14.9 Å². The van der Waals surface area contributed by atoms with E-state index in [-0.39, 0.29) is 22.3 Å². The van der Waals surface area contributed by atoms with Crippen LogP contribution >= 0.6 is 12.2 Å². The number of hydrogen-bond donors (Lipinski definition) is 2. The minimum atomic E-state index is -0.542. The quantitative estimate of drug-likeness (QED) is 0.446. The number of carbonyl (C=O) groups excluding carboxylic acids is 1. The van der Waals surface area contributed by atoms with Crippen molar-refractivity contribution in [3.05, 3.63) is 51.3 Å². The van der Waals surface area contributed by atoms with Crippen LogP contribution in [0.2, 0.25) is 0 Å². The van der Waals surface area contributed by atoms with E-state index in [1.165, 1.54) is 6.07 Å². The van der Waals surface area contributed by atoms with Crippen molar-refractivity contribution in [3.8, 4) is 0 Å². The molecule has 0 radical (unpaired) electrons. The third-order valence-corrected chi connectivity index (χ3v) is 4.77. The van der Waals surface area contributed by atoms with Crippen molar-refractivity contribution in [3.63, 3.8) is 0 Å². The van der Waals surface area contributed by atoms with E-state index < -0.39 is 10.8 Å². The second kappa shape index (κ2) is 8.91. The van der Waals surface area contributed by atoms with E-state index in [1.54, 1.807) is 12.1 Å². The summed E-state index contributed by atoms with van der Waals surface area (Å²) in [4.78, 5) is 34.0. The van der Waals surface area contributed by atoms with Gasteiger partial charge >= 0.3 is 0 Å². The summed E-state index contributed by atoms with van der Waals surface area (Å²) in [7, 11) is 0. The molecule has 1 aliphatic rings. The van der Waals surface area contributed by atoms with Gasteiger partial charge in [-0.2, -0.15) is 0 Å². The van der Waals surface area contributed by atoms with Gasteiger partial charge in [0.25, 0.3) is 11.6 Å². The smallest absolute Gasteiger partial charge is 0.293 e.